The van der Waals surface area contributed by atoms with Crippen LogP contribution >= 0.6 is 0 Å². The van der Waals surface area contributed by atoms with Gasteiger partial charge < -0.3 is 21.8 Å². The lowest BCUT2D eigenvalue weighted by Crippen LogP contribution is -2.18. The number of nitrogens with zero attached hydrogens (tertiary/aromatic N) is 2. The van der Waals surface area contributed by atoms with Gasteiger partial charge in [0.05, 0.1) is 17.6 Å². The molecule has 7 N–H and O–H groups in total. The lowest BCUT2D eigenvalue weighted by atomic mass is 10.1. The molecule has 7 nitrogen and oxygen atoms in total. The first kappa shape index (κ1) is 12.9. The molecular formula is C14H14N6O. The molecule has 0 unspecified atom stereocenters. The van der Waals surface area contributed by atoms with Crippen molar-refractivity contribution in [2.24, 2.45) is 11.5 Å². The van der Waals surface area contributed by atoms with E-state index in [1.807, 2.05) is 24.3 Å². The molecular weight excluding hydrogens is 268 g/mol. The van der Waals surface area contributed by atoms with Crippen LogP contribution < -0.4 is 17.2 Å². The number of hydrogen-bond acceptors (Lipinski definition) is 4. The summed E-state index contributed by atoms with van der Waals surface area (Å²) in [6.45, 7) is 0.201. The molecule has 0 bridgehead atoms. The number of nitrogens with one attached hydrogen (secondary N) is 1. The van der Waals surface area contributed by atoms with Crippen molar-refractivity contribution in [3.8, 4) is 0 Å². The van der Waals surface area contributed by atoms with E-state index in [0.717, 1.165) is 16.3 Å². The molecule has 1 aromatic carbocycles. The number of hydrogen-bond donors (Lipinski definition) is 4. The van der Waals surface area contributed by atoms with Gasteiger partial charge in [-0.05, 0) is 12.1 Å². The summed E-state index contributed by atoms with van der Waals surface area (Å²) in [6.07, 6.45) is 0. The van der Waals surface area contributed by atoms with Gasteiger partial charge in [0.2, 0.25) is 0 Å². The largest absolute Gasteiger partial charge is 0.386 e. The van der Waals surface area contributed by atoms with Crippen LogP contribution in [0.15, 0.2) is 30.3 Å². The van der Waals surface area contributed by atoms with E-state index in [1.165, 1.54) is 0 Å². The van der Waals surface area contributed by atoms with Gasteiger partial charge in [-0.25, -0.2) is 4.98 Å². The van der Waals surface area contributed by atoms with E-state index >= 15 is 0 Å². The van der Waals surface area contributed by atoms with Crippen LogP contribution in [-0.4, -0.2) is 21.3 Å². The fraction of sp³-hybridized carbons (Fsp3) is 0.0714. The number of fused-ring (bicyclic) bond motifs is 3. The highest BCUT2D eigenvalue weighted by Crippen LogP contribution is 2.29. The Bertz CT molecular complexity index is 895. The van der Waals surface area contributed by atoms with Crippen LogP contribution in [0.5, 0.6) is 0 Å². The van der Waals surface area contributed by atoms with Crippen molar-refractivity contribution in [2.75, 3.05) is 5.73 Å². The van der Waals surface area contributed by atoms with Crippen LogP contribution in [0, 0.1) is 5.41 Å². The van der Waals surface area contributed by atoms with E-state index in [0.29, 0.717) is 5.65 Å². The van der Waals surface area contributed by atoms with Gasteiger partial charge in [-0.15, -0.1) is 0 Å². The summed E-state index contributed by atoms with van der Waals surface area (Å²) in [6, 6.07) is 9.23. The maximum atomic E-state index is 11.4. The number of amides is 1. The monoisotopic (exact) mass is 282 g/mol. The van der Waals surface area contributed by atoms with Crippen LogP contribution in [0.3, 0.4) is 0 Å². The first-order chi connectivity index (χ1) is 9.99. The molecule has 2 heterocycles. The highest BCUT2D eigenvalue weighted by molar-refractivity contribution is 6.11. The number of nitrogen functional groups attached to an aromatic ring is 1. The number of rotatable bonds is 3. The minimum Gasteiger partial charge on any atom is -0.386 e. The van der Waals surface area contributed by atoms with Crippen molar-refractivity contribution >= 4 is 39.5 Å². The van der Waals surface area contributed by atoms with Gasteiger partial charge in [0.25, 0.3) is 5.91 Å². The zero-order valence-electron chi connectivity index (χ0n) is 11.1. The molecule has 1 amide bonds. The number of aromatic nitrogens is 2. The van der Waals surface area contributed by atoms with Crippen LogP contribution in [0.4, 0.5) is 5.82 Å². The fourth-order valence-corrected chi connectivity index (χ4v) is 2.50. The van der Waals surface area contributed by atoms with E-state index in [1.54, 1.807) is 10.6 Å². The molecule has 3 aromatic rings. The van der Waals surface area contributed by atoms with Crippen LogP contribution in [0.25, 0.3) is 21.9 Å². The first-order valence-corrected chi connectivity index (χ1v) is 6.29. The minimum absolute atomic E-state index is 0.0111. The minimum atomic E-state index is -0.620. The van der Waals surface area contributed by atoms with Gasteiger partial charge in [-0.2, -0.15) is 0 Å². The summed E-state index contributed by atoms with van der Waals surface area (Å²) < 4.78 is 1.80. The molecule has 0 saturated carbocycles. The topological polar surface area (TPSA) is 137 Å². The molecule has 7 heteroatoms. The van der Waals surface area contributed by atoms with Crippen molar-refractivity contribution < 1.29 is 4.79 Å². The number of amidine groups is 1. The summed E-state index contributed by atoms with van der Waals surface area (Å²) in [4.78, 5) is 15.7. The van der Waals surface area contributed by atoms with Crippen molar-refractivity contribution in [1.29, 1.82) is 5.41 Å². The van der Waals surface area contributed by atoms with E-state index in [-0.39, 0.29) is 23.8 Å². The summed E-state index contributed by atoms with van der Waals surface area (Å²) >= 11 is 0. The molecule has 0 radical (unpaired) electrons. The SMILES string of the molecule is N=C(N)Cn1c2ccccc2c2cc(C(N)=O)c(N)nc21. The van der Waals surface area contributed by atoms with Gasteiger partial charge in [-0.3, -0.25) is 10.2 Å². The summed E-state index contributed by atoms with van der Waals surface area (Å²) in [5, 5.41) is 9.17. The number of carbonyl (C=O) groups is 1. The Morgan fingerprint density at radius 2 is 1.95 bits per heavy atom. The number of pyridine rings is 1. The van der Waals surface area contributed by atoms with E-state index in [4.69, 9.17) is 22.6 Å². The van der Waals surface area contributed by atoms with E-state index in [9.17, 15) is 4.79 Å². The van der Waals surface area contributed by atoms with Crippen LogP contribution in [0.2, 0.25) is 0 Å². The zero-order valence-corrected chi connectivity index (χ0v) is 11.1. The maximum absolute atomic E-state index is 11.4. The predicted molar refractivity (Wildman–Crippen MR) is 82.1 cm³/mol. The Hall–Kier alpha value is -3.09. The van der Waals surface area contributed by atoms with Crippen LogP contribution in [-0.2, 0) is 6.54 Å². The average molecular weight is 282 g/mol. The quantitative estimate of drug-likeness (QED) is 0.417. The molecule has 2 aromatic heterocycles. The van der Waals surface area contributed by atoms with Gasteiger partial charge >= 0.3 is 0 Å². The number of para-hydroxylation sites is 1. The lowest BCUT2D eigenvalue weighted by molar-refractivity contribution is 0.100. The van der Waals surface area contributed by atoms with E-state index < -0.39 is 5.91 Å². The number of anilines is 1. The Morgan fingerprint density at radius 3 is 2.62 bits per heavy atom. The molecule has 0 atom stereocenters. The summed E-state index contributed by atoms with van der Waals surface area (Å²) in [5.41, 5.74) is 18.3. The van der Waals surface area contributed by atoms with E-state index in [2.05, 4.69) is 4.98 Å². The zero-order chi connectivity index (χ0) is 15.1. The Labute approximate surface area is 119 Å². The second kappa shape index (κ2) is 4.48. The normalized spacial score (nSPS) is 11.0. The summed E-state index contributed by atoms with van der Waals surface area (Å²) in [7, 11) is 0. The lowest BCUT2D eigenvalue weighted by Gasteiger charge is -2.06. The Kier molecular flexibility index (Phi) is 2.76. The van der Waals surface area contributed by atoms with Gasteiger partial charge in [-0.1, -0.05) is 18.2 Å². The highest BCUT2D eigenvalue weighted by Gasteiger charge is 2.16. The standard InChI is InChI=1S/C14H14N6O/c15-11(16)6-20-10-4-2-1-3-7(10)8-5-9(13(18)21)12(17)19-14(8)20/h1-5H,6H2,(H3,15,16)(H2,17,19)(H2,18,21). The van der Waals surface area contributed by atoms with Crippen molar-refractivity contribution in [1.82, 2.24) is 9.55 Å². The van der Waals surface area contributed by atoms with Crippen LogP contribution in [0.1, 0.15) is 10.4 Å². The third-order valence-electron chi connectivity index (χ3n) is 3.37. The average Bonchev–Trinajstić information content (AvgIpc) is 2.71. The molecule has 106 valence electrons. The molecule has 0 aliphatic rings. The number of nitrogens with two attached hydrogens (primary N) is 3. The second-order valence-electron chi connectivity index (χ2n) is 4.79. The third kappa shape index (κ3) is 1.95. The first-order valence-electron chi connectivity index (χ1n) is 6.29. The Morgan fingerprint density at radius 1 is 1.24 bits per heavy atom. The second-order valence-corrected chi connectivity index (χ2v) is 4.79. The number of primary amides is 1. The van der Waals surface area contributed by atoms with Gasteiger partial charge in [0, 0.05) is 10.8 Å². The molecule has 0 saturated heterocycles. The molecule has 0 fully saturated rings. The fourth-order valence-electron chi connectivity index (χ4n) is 2.50. The smallest absolute Gasteiger partial charge is 0.252 e. The molecule has 21 heavy (non-hydrogen) atoms. The van der Waals surface area contributed by atoms with Gasteiger partial charge in [0.1, 0.15) is 17.3 Å². The predicted octanol–water partition coefficient (Wildman–Crippen LogP) is 0.807. The molecule has 0 spiro atoms. The van der Waals surface area contributed by atoms with Crippen molar-refractivity contribution in [3.63, 3.8) is 0 Å². The van der Waals surface area contributed by atoms with Crippen molar-refractivity contribution in [2.45, 2.75) is 6.54 Å². The number of carbonyl (C=O) groups excluding carboxylic acids is 1. The summed E-state index contributed by atoms with van der Waals surface area (Å²) in [5.74, 6) is -0.537. The Balaban J connectivity index is 2.45. The molecule has 0 aliphatic heterocycles. The highest BCUT2D eigenvalue weighted by atomic mass is 16.1. The number of benzene rings is 1. The molecule has 0 aliphatic carbocycles. The molecule has 3 rings (SSSR count). The van der Waals surface area contributed by atoms with Crippen molar-refractivity contribution in [3.05, 3.63) is 35.9 Å². The third-order valence-corrected chi connectivity index (χ3v) is 3.37. The van der Waals surface area contributed by atoms with Gasteiger partial charge in [0.15, 0.2) is 0 Å². The maximum Gasteiger partial charge on any atom is 0.252 e.